The molecule has 1 amide bonds. The normalized spacial score (nSPS) is 11.4. The number of rotatable bonds is 6. The van der Waals surface area contributed by atoms with Gasteiger partial charge in [-0.15, -0.1) is 11.8 Å². The van der Waals surface area contributed by atoms with Crippen molar-refractivity contribution in [1.29, 1.82) is 0 Å². The van der Waals surface area contributed by atoms with Crippen LogP contribution in [-0.4, -0.2) is 23.7 Å². The number of halogens is 4. The van der Waals surface area contributed by atoms with E-state index in [1.807, 2.05) is 6.92 Å². The second-order valence-corrected chi connectivity index (χ2v) is 6.95. The molecular weight excluding hydrogens is 405 g/mol. The van der Waals surface area contributed by atoms with E-state index in [1.165, 1.54) is 30.9 Å². The van der Waals surface area contributed by atoms with Crippen molar-refractivity contribution in [3.05, 3.63) is 45.9 Å². The van der Waals surface area contributed by atoms with E-state index >= 15 is 0 Å². The van der Waals surface area contributed by atoms with E-state index in [2.05, 4.69) is 15.6 Å². The summed E-state index contributed by atoms with van der Waals surface area (Å²) in [5.74, 6) is -0.0340. The number of anilines is 2. The average molecular weight is 421 g/mol. The van der Waals surface area contributed by atoms with Gasteiger partial charge in [0.25, 0.3) is 5.91 Å². The van der Waals surface area contributed by atoms with E-state index in [1.54, 1.807) is 0 Å². The fraction of sp³-hybridized carbons (Fsp3) is 0.250. The van der Waals surface area contributed by atoms with Gasteiger partial charge in [0.2, 0.25) is 0 Å². The monoisotopic (exact) mass is 420 g/mol. The number of quaternary nitrogens is 1. The molecule has 0 aliphatic heterocycles. The summed E-state index contributed by atoms with van der Waals surface area (Å²) in [7, 11) is 1.49. The second-order valence-electron chi connectivity index (χ2n) is 5.24. The molecule has 0 aliphatic rings. The minimum Gasteiger partial charge on any atom is -0.630 e. The number of nitrogens with two attached hydrogens (primary N) is 1. The van der Waals surface area contributed by atoms with Gasteiger partial charge < -0.3 is 21.3 Å². The Morgan fingerprint density at radius 3 is 2.59 bits per heavy atom. The van der Waals surface area contributed by atoms with Crippen LogP contribution in [0.3, 0.4) is 0 Å². The van der Waals surface area contributed by atoms with Gasteiger partial charge in [-0.1, -0.05) is 18.5 Å². The van der Waals surface area contributed by atoms with Crippen LogP contribution >= 0.6 is 23.4 Å². The second kappa shape index (κ2) is 8.79. The molecule has 0 radical (unpaired) electrons. The molecule has 146 valence electrons. The van der Waals surface area contributed by atoms with Crippen LogP contribution in [0.2, 0.25) is 5.02 Å². The molecule has 0 saturated carbocycles. The Hall–Kier alpha value is -2.01. The third-order valence-electron chi connectivity index (χ3n) is 3.48. The van der Waals surface area contributed by atoms with Crippen molar-refractivity contribution in [2.75, 3.05) is 23.4 Å². The molecule has 0 aliphatic carbocycles. The number of hydrogen-bond donors (Lipinski definition) is 3. The number of carbonyl (C=O) groups is 1. The van der Waals surface area contributed by atoms with E-state index < -0.39 is 17.8 Å². The lowest BCUT2D eigenvalue weighted by molar-refractivity contribution is -0.497. The molecule has 6 nitrogen and oxygen atoms in total. The molecule has 0 fully saturated rings. The zero-order valence-electron chi connectivity index (χ0n) is 14.3. The van der Waals surface area contributed by atoms with Crippen LogP contribution in [0.15, 0.2) is 29.3 Å². The highest BCUT2D eigenvalue weighted by Crippen LogP contribution is 2.34. The quantitative estimate of drug-likeness (QED) is 0.375. The van der Waals surface area contributed by atoms with Gasteiger partial charge in [0.15, 0.2) is 0 Å². The van der Waals surface area contributed by atoms with Gasteiger partial charge in [0.1, 0.15) is 16.4 Å². The summed E-state index contributed by atoms with van der Waals surface area (Å²) < 4.78 is 38.8. The lowest BCUT2D eigenvalue weighted by Gasteiger charge is -2.15. The number of thioether (sulfide) groups is 1. The number of carbonyl (C=O) groups excluding carboxylic acids is 1. The summed E-state index contributed by atoms with van der Waals surface area (Å²) in [6.45, 7) is 1.87. The Morgan fingerprint density at radius 2 is 2.04 bits per heavy atom. The summed E-state index contributed by atoms with van der Waals surface area (Å²) in [6, 6.07) is 3.54. The minimum atomic E-state index is -4.65. The van der Waals surface area contributed by atoms with Crippen LogP contribution in [-0.2, 0) is 6.18 Å². The number of nitrogens with one attached hydrogen (secondary N) is 2. The highest BCUT2D eigenvalue weighted by molar-refractivity contribution is 7.99. The van der Waals surface area contributed by atoms with E-state index in [0.29, 0.717) is 16.1 Å². The first kappa shape index (κ1) is 21.3. The molecule has 2 rings (SSSR count). The number of aromatic nitrogens is 1. The van der Waals surface area contributed by atoms with Gasteiger partial charge in [0, 0.05) is 18.0 Å². The molecule has 0 unspecified atom stereocenters. The fourth-order valence-electron chi connectivity index (χ4n) is 2.22. The minimum absolute atomic E-state index is 0.0834. The Morgan fingerprint density at radius 1 is 1.33 bits per heavy atom. The van der Waals surface area contributed by atoms with Crippen LogP contribution in [0, 0.1) is 5.21 Å². The largest absolute Gasteiger partial charge is 0.630 e. The standard InChI is InChI=1S/C16H16ClF3N4O2S/c1-3-27-13-5-9(17)10(24-26)4-8(13)15(25)23-11-6-14(16(18,19)20)22-7-12(11)21-2/h4-7,21H,3,24H2,1-2H3,(H,22,23,25). The molecule has 0 saturated heterocycles. The van der Waals surface area contributed by atoms with E-state index in [9.17, 15) is 23.2 Å². The van der Waals surface area contributed by atoms with Gasteiger partial charge >= 0.3 is 6.18 Å². The molecule has 27 heavy (non-hydrogen) atoms. The van der Waals surface area contributed by atoms with Gasteiger partial charge in [0.05, 0.1) is 23.1 Å². The third kappa shape index (κ3) is 5.04. The number of alkyl halides is 3. The fourth-order valence-corrected chi connectivity index (χ4v) is 3.31. The lowest BCUT2D eigenvalue weighted by Crippen LogP contribution is -2.70. The summed E-state index contributed by atoms with van der Waals surface area (Å²) in [6.07, 6.45) is -3.67. The van der Waals surface area contributed by atoms with Crippen LogP contribution < -0.4 is 16.1 Å². The zero-order valence-corrected chi connectivity index (χ0v) is 15.9. The molecule has 11 heteroatoms. The van der Waals surface area contributed by atoms with Crippen LogP contribution in [0.4, 0.5) is 30.2 Å². The Labute approximate surface area is 162 Å². The van der Waals surface area contributed by atoms with E-state index in [0.717, 1.165) is 12.3 Å². The number of amides is 1. The number of hydrogen-bond acceptors (Lipinski definition) is 5. The first-order valence-corrected chi connectivity index (χ1v) is 9.05. The first-order chi connectivity index (χ1) is 12.7. The van der Waals surface area contributed by atoms with Crippen molar-refractivity contribution in [2.24, 2.45) is 0 Å². The van der Waals surface area contributed by atoms with Gasteiger partial charge in [-0.3, -0.25) is 4.79 Å². The molecular formula is C16H16ClF3N4O2S. The molecule has 1 aromatic heterocycles. The van der Waals surface area contributed by atoms with Crippen LogP contribution in [0.25, 0.3) is 0 Å². The highest BCUT2D eigenvalue weighted by atomic mass is 35.5. The SMILES string of the molecule is CCSc1cc(Cl)c([NH2+][O-])cc1C(=O)Nc1cc(C(F)(F)F)ncc1NC. The Bertz CT molecular complexity index is 849. The van der Waals surface area contributed by atoms with Crippen molar-refractivity contribution in [3.8, 4) is 0 Å². The predicted molar refractivity (Wildman–Crippen MR) is 99.5 cm³/mol. The summed E-state index contributed by atoms with van der Waals surface area (Å²) >= 11 is 7.32. The van der Waals surface area contributed by atoms with E-state index in [4.69, 9.17) is 11.6 Å². The Kier molecular flexibility index (Phi) is 6.93. The van der Waals surface area contributed by atoms with Crippen molar-refractivity contribution in [2.45, 2.75) is 18.0 Å². The zero-order chi connectivity index (χ0) is 20.2. The predicted octanol–water partition coefficient (Wildman–Crippen LogP) is 3.85. The van der Waals surface area contributed by atoms with Crippen molar-refractivity contribution in [1.82, 2.24) is 4.98 Å². The number of nitrogens with zero attached hydrogens (tertiary/aromatic N) is 1. The summed E-state index contributed by atoms with van der Waals surface area (Å²) in [4.78, 5) is 16.6. The van der Waals surface area contributed by atoms with Crippen molar-refractivity contribution in [3.63, 3.8) is 0 Å². The first-order valence-electron chi connectivity index (χ1n) is 7.69. The maximum absolute atomic E-state index is 12.9. The molecule has 1 heterocycles. The molecule has 1 aromatic carbocycles. The number of pyridine rings is 1. The summed E-state index contributed by atoms with van der Waals surface area (Å²) in [5.41, 5.74) is -0.245. The maximum Gasteiger partial charge on any atom is 0.433 e. The van der Waals surface area contributed by atoms with Crippen LogP contribution in [0.5, 0.6) is 0 Å². The maximum atomic E-state index is 12.9. The summed E-state index contributed by atoms with van der Waals surface area (Å²) in [5, 5.41) is 16.4. The lowest BCUT2D eigenvalue weighted by atomic mass is 10.1. The molecule has 2 aromatic rings. The smallest absolute Gasteiger partial charge is 0.433 e. The third-order valence-corrected chi connectivity index (χ3v) is 4.75. The van der Waals surface area contributed by atoms with Gasteiger partial charge in [-0.05, 0) is 17.9 Å². The number of benzene rings is 1. The molecule has 0 bridgehead atoms. The van der Waals surface area contributed by atoms with E-state index in [-0.39, 0.29) is 27.6 Å². The van der Waals surface area contributed by atoms with Crippen LogP contribution in [0.1, 0.15) is 23.0 Å². The molecule has 4 N–H and O–H groups in total. The van der Waals surface area contributed by atoms with Gasteiger partial charge in [-0.25, -0.2) is 4.98 Å². The topological polar surface area (TPSA) is 93.7 Å². The van der Waals surface area contributed by atoms with Crippen molar-refractivity contribution < 1.29 is 23.4 Å². The Balaban J connectivity index is 2.45. The van der Waals surface area contributed by atoms with Crippen molar-refractivity contribution >= 4 is 46.3 Å². The molecule has 0 spiro atoms. The average Bonchev–Trinajstić information content (AvgIpc) is 2.61. The highest BCUT2D eigenvalue weighted by Gasteiger charge is 2.33. The molecule has 0 atom stereocenters. The van der Waals surface area contributed by atoms with Gasteiger partial charge in [-0.2, -0.15) is 13.2 Å².